The molecule has 104 valence electrons. The van der Waals surface area contributed by atoms with Crippen LogP contribution in [0.25, 0.3) is 0 Å². The van der Waals surface area contributed by atoms with Crippen LogP contribution in [0.5, 0.6) is 5.88 Å². The van der Waals surface area contributed by atoms with Gasteiger partial charge in [-0.2, -0.15) is 0 Å². The van der Waals surface area contributed by atoms with Gasteiger partial charge in [-0.25, -0.2) is 9.78 Å². The lowest BCUT2D eigenvalue weighted by Gasteiger charge is -2.17. The number of nitrogens with zero attached hydrogens (tertiary/aromatic N) is 2. The van der Waals surface area contributed by atoms with E-state index in [4.69, 9.17) is 4.74 Å². The highest BCUT2D eigenvalue weighted by atomic mass is 32.1. The molecule has 0 aromatic carbocycles. The Morgan fingerprint density at radius 1 is 1.40 bits per heavy atom. The van der Waals surface area contributed by atoms with Gasteiger partial charge in [0.05, 0.1) is 11.5 Å². The summed E-state index contributed by atoms with van der Waals surface area (Å²) < 4.78 is 5.76. The van der Waals surface area contributed by atoms with Crippen LogP contribution >= 0.6 is 11.3 Å². The number of hydrogen-bond donors (Lipinski definition) is 1. The Kier molecular flexibility index (Phi) is 3.83. The lowest BCUT2D eigenvalue weighted by molar-refractivity contribution is 0.190. The molecule has 0 spiro atoms. The summed E-state index contributed by atoms with van der Waals surface area (Å²) in [7, 11) is 0. The molecule has 1 N–H and O–H groups in total. The fourth-order valence-corrected chi connectivity index (χ4v) is 2.74. The normalized spacial score (nSPS) is 18.0. The average Bonchev–Trinajstić information content (AvgIpc) is 3.11. The molecule has 3 rings (SSSR count). The molecule has 0 bridgehead atoms. The average molecular weight is 289 g/mol. The molecule has 1 fully saturated rings. The first-order chi connectivity index (χ1) is 9.81. The van der Waals surface area contributed by atoms with E-state index < -0.39 is 0 Å². The zero-order chi connectivity index (χ0) is 13.8. The topological polar surface area (TPSA) is 54.5 Å². The molecule has 0 aliphatic carbocycles. The van der Waals surface area contributed by atoms with Gasteiger partial charge in [-0.05, 0) is 23.6 Å². The number of carbonyl (C=O) groups is 1. The Balaban J connectivity index is 1.53. The number of nitrogens with one attached hydrogen (secondary N) is 1. The van der Waals surface area contributed by atoms with E-state index >= 15 is 0 Å². The van der Waals surface area contributed by atoms with Gasteiger partial charge in [0.25, 0.3) is 0 Å². The number of likely N-dealkylation sites (tertiary alicyclic amines) is 1. The molecule has 2 amide bonds. The van der Waals surface area contributed by atoms with Gasteiger partial charge >= 0.3 is 6.03 Å². The van der Waals surface area contributed by atoms with Gasteiger partial charge in [0, 0.05) is 25.2 Å². The van der Waals surface area contributed by atoms with E-state index in [1.165, 1.54) is 11.3 Å². The molecular formula is C14H15N3O2S. The number of hydrogen-bond acceptors (Lipinski definition) is 4. The molecule has 1 unspecified atom stereocenters. The van der Waals surface area contributed by atoms with E-state index in [1.54, 1.807) is 11.1 Å². The summed E-state index contributed by atoms with van der Waals surface area (Å²) in [5.74, 6) is 0.609. The summed E-state index contributed by atoms with van der Waals surface area (Å²) in [6.07, 6.45) is 2.54. The van der Waals surface area contributed by atoms with Crippen LogP contribution in [-0.4, -0.2) is 35.1 Å². The standard InChI is InChI=1S/C14H15N3O2S/c18-14(16-13-5-3-9-20-13)17-8-6-11(10-17)19-12-4-1-2-7-15-12/h1-5,7,9,11H,6,8,10H2,(H,16,18). The van der Waals surface area contributed by atoms with Crippen LogP contribution in [-0.2, 0) is 0 Å². The summed E-state index contributed by atoms with van der Waals surface area (Å²) in [4.78, 5) is 18.0. The van der Waals surface area contributed by atoms with Crippen molar-refractivity contribution in [2.24, 2.45) is 0 Å². The molecular weight excluding hydrogens is 274 g/mol. The van der Waals surface area contributed by atoms with Crippen molar-refractivity contribution in [1.29, 1.82) is 0 Å². The Morgan fingerprint density at radius 3 is 3.10 bits per heavy atom. The summed E-state index contributed by atoms with van der Waals surface area (Å²) in [5, 5.41) is 5.68. The second-order valence-electron chi connectivity index (χ2n) is 4.55. The van der Waals surface area contributed by atoms with Crippen molar-refractivity contribution < 1.29 is 9.53 Å². The number of pyridine rings is 1. The molecule has 2 aromatic rings. The van der Waals surface area contributed by atoms with Crippen LogP contribution < -0.4 is 10.1 Å². The van der Waals surface area contributed by atoms with E-state index in [0.717, 1.165) is 11.4 Å². The molecule has 0 radical (unpaired) electrons. The Bertz CT molecular complexity index is 559. The van der Waals surface area contributed by atoms with Gasteiger partial charge in [0.2, 0.25) is 5.88 Å². The minimum absolute atomic E-state index is 0.0129. The van der Waals surface area contributed by atoms with Gasteiger partial charge in [-0.1, -0.05) is 6.07 Å². The molecule has 20 heavy (non-hydrogen) atoms. The van der Waals surface area contributed by atoms with Crippen molar-refractivity contribution in [1.82, 2.24) is 9.88 Å². The van der Waals surface area contributed by atoms with Crippen molar-refractivity contribution in [3.05, 3.63) is 41.9 Å². The number of carbonyl (C=O) groups excluding carboxylic acids is 1. The van der Waals surface area contributed by atoms with Crippen LogP contribution in [0.4, 0.5) is 9.80 Å². The lowest BCUT2D eigenvalue weighted by Crippen LogP contribution is -2.34. The number of thiophene rings is 1. The molecule has 3 heterocycles. The molecule has 0 saturated carbocycles. The molecule has 1 atom stereocenters. The van der Waals surface area contributed by atoms with E-state index in [0.29, 0.717) is 19.0 Å². The van der Waals surface area contributed by atoms with E-state index in [9.17, 15) is 4.79 Å². The van der Waals surface area contributed by atoms with E-state index in [1.807, 2.05) is 35.7 Å². The number of aromatic nitrogens is 1. The van der Waals surface area contributed by atoms with Crippen LogP contribution in [0.3, 0.4) is 0 Å². The minimum atomic E-state index is -0.0698. The predicted octanol–water partition coefficient (Wildman–Crippen LogP) is 2.83. The SMILES string of the molecule is O=C(Nc1cccs1)N1CCC(Oc2ccccn2)C1. The van der Waals surface area contributed by atoms with Gasteiger partial charge < -0.3 is 9.64 Å². The zero-order valence-corrected chi connectivity index (χ0v) is 11.7. The van der Waals surface area contributed by atoms with Crippen LogP contribution in [0.2, 0.25) is 0 Å². The molecule has 1 aliphatic heterocycles. The summed E-state index contributed by atoms with van der Waals surface area (Å²) in [6, 6.07) is 9.30. The first kappa shape index (κ1) is 12.9. The van der Waals surface area contributed by atoms with E-state index in [2.05, 4.69) is 10.3 Å². The highest BCUT2D eigenvalue weighted by Crippen LogP contribution is 2.19. The molecule has 6 heteroatoms. The molecule has 1 aliphatic rings. The summed E-state index contributed by atoms with van der Waals surface area (Å²) in [5.41, 5.74) is 0. The largest absolute Gasteiger partial charge is 0.472 e. The van der Waals surface area contributed by atoms with Crippen molar-refractivity contribution in [3.8, 4) is 5.88 Å². The van der Waals surface area contributed by atoms with Gasteiger partial charge in [0.1, 0.15) is 6.10 Å². The second-order valence-corrected chi connectivity index (χ2v) is 5.50. The maximum atomic E-state index is 12.1. The quantitative estimate of drug-likeness (QED) is 0.945. The smallest absolute Gasteiger partial charge is 0.322 e. The van der Waals surface area contributed by atoms with Gasteiger partial charge in [-0.15, -0.1) is 11.3 Å². The van der Waals surface area contributed by atoms with Crippen molar-refractivity contribution >= 4 is 22.4 Å². The maximum Gasteiger partial charge on any atom is 0.322 e. The Hall–Kier alpha value is -2.08. The molecule has 1 saturated heterocycles. The number of urea groups is 1. The summed E-state index contributed by atoms with van der Waals surface area (Å²) in [6.45, 7) is 1.29. The fraction of sp³-hybridized carbons (Fsp3) is 0.286. The number of anilines is 1. The first-order valence-electron chi connectivity index (χ1n) is 6.48. The second kappa shape index (κ2) is 5.92. The third-order valence-corrected chi connectivity index (χ3v) is 3.89. The van der Waals surface area contributed by atoms with Crippen LogP contribution in [0, 0.1) is 0 Å². The highest BCUT2D eigenvalue weighted by molar-refractivity contribution is 7.14. The van der Waals surface area contributed by atoms with Gasteiger partial charge in [0.15, 0.2) is 0 Å². The summed E-state index contributed by atoms with van der Waals surface area (Å²) >= 11 is 1.51. The number of amides is 2. The van der Waals surface area contributed by atoms with Crippen molar-refractivity contribution in [3.63, 3.8) is 0 Å². The first-order valence-corrected chi connectivity index (χ1v) is 7.36. The molecule has 2 aromatic heterocycles. The lowest BCUT2D eigenvalue weighted by atomic mass is 10.3. The van der Waals surface area contributed by atoms with Crippen LogP contribution in [0.15, 0.2) is 41.9 Å². The highest BCUT2D eigenvalue weighted by Gasteiger charge is 2.27. The monoisotopic (exact) mass is 289 g/mol. The predicted molar refractivity (Wildman–Crippen MR) is 78.2 cm³/mol. The third-order valence-electron chi connectivity index (χ3n) is 3.11. The zero-order valence-electron chi connectivity index (χ0n) is 10.9. The Morgan fingerprint density at radius 2 is 2.35 bits per heavy atom. The number of ether oxygens (including phenoxy) is 1. The maximum absolute atomic E-state index is 12.1. The minimum Gasteiger partial charge on any atom is -0.472 e. The van der Waals surface area contributed by atoms with Crippen molar-refractivity contribution in [2.45, 2.75) is 12.5 Å². The number of rotatable bonds is 3. The molecule has 5 nitrogen and oxygen atoms in total. The van der Waals surface area contributed by atoms with E-state index in [-0.39, 0.29) is 12.1 Å². The van der Waals surface area contributed by atoms with Crippen LogP contribution in [0.1, 0.15) is 6.42 Å². The Labute approximate surface area is 121 Å². The van der Waals surface area contributed by atoms with Gasteiger partial charge in [-0.3, -0.25) is 5.32 Å². The van der Waals surface area contributed by atoms with Crippen molar-refractivity contribution in [2.75, 3.05) is 18.4 Å². The fourth-order valence-electron chi connectivity index (χ4n) is 2.13. The third kappa shape index (κ3) is 3.08.